The molecule has 0 bridgehead atoms. The van der Waals surface area contributed by atoms with Gasteiger partial charge < -0.3 is 14.4 Å². The molecule has 0 spiro atoms. The Hall–Kier alpha value is -1.14. The third kappa shape index (κ3) is 3.95. The van der Waals surface area contributed by atoms with Gasteiger partial charge in [0, 0.05) is 25.1 Å². The first-order valence-corrected chi connectivity index (χ1v) is 8.44. The van der Waals surface area contributed by atoms with Crippen LogP contribution < -0.4 is 4.90 Å². The first kappa shape index (κ1) is 16.2. The van der Waals surface area contributed by atoms with Crippen molar-refractivity contribution in [2.24, 2.45) is 0 Å². The van der Waals surface area contributed by atoms with Crippen LogP contribution in [0.3, 0.4) is 0 Å². The van der Waals surface area contributed by atoms with Crippen LogP contribution in [0.1, 0.15) is 43.2 Å². The van der Waals surface area contributed by atoms with E-state index in [9.17, 15) is 4.79 Å². The van der Waals surface area contributed by atoms with E-state index in [1.54, 1.807) is 11.3 Å². The van der Waals surface area contributed by atoms with Gasteiger partial charge in [-0.1, -0.05) is 0 Å². The number of rotatable bonds is 7. The minimum Gasteiger partial charge on any atom is -0.465 e. The number of thiazole rings is 1. The first-order valence-electron chi connectivity index (χ1n) is 7.62. The van der Waals surface area contributed by atoms with Gasteiger partial charge in [-0.15, -0.1) is 11.3 Å². The van der Waals surface area contributed by atoms with Crippen molar-refractivity contribution in [1.29, 1.82) is 0 Å². The Bertz CT molecular complexity index is 475. The van der Waals surface area contributed by atoms with Crippen LogP contribution in [-0.4, -0.2) is 44.4 Å². The van der Waals surface area contributed by atoms with E-state index in [-0.39, 0.29) is 11.9 Å². The summed E-state index contributed by atoms with van der Waals surface area (Å²) in [6.45, 7) is 6.49. The molecule has 0 fully saturated rings. The molecule has 21 heavy (non-hydrogen) atoms. The number of esters is 1. The summed E-state index contributed by atoms with van der Waals surface area (Å²) in [6, 6.07) is 0. The van der Waals surface area contributed by atoms with Crippen LogP contribution in [0, 0.1) is 0 Å². The molecule has 0 amide bonds. The lowest BCUT2D eigenvalue weighted by atomic mass is 9.91. The quantitative estimate of drug-likeness (QED) is 0.572. The summed E-state index contributed by atoms with van der Waals surface area (Å²) < 4.78 is 10.6. The third-order valence-electron chi connectivity index (χ3n) is 3.62. The molecule has 118 valence electrons. The molecule has 0 N–H and O–H groups in total. The van der Waals surface area contributed by atoms with Gasteiger partial charge in [0.05, 0.1) is 18.9 Å². The topological polar surface area (TPSA) is 51.7 Å². The Morgan fingerprint density at radius 1 is 1.43 bits per heavy atom. The van der Waals surface area contributed by atoms with Crippen molar-refractivity contribution in [1.82, 2.24) is 4.98 Å². The van der Waals surface area contributed by atoms with Crippen LogP contribution >= 0.6 is 11.3 Å². The SMILES string of the molecule is CCOCCN(C)c1nc2c(s1)CCCC2C(=O)OCC. The summed E-state index contributed by atoms with van der Waals surface area (Å²) in [4.78, 5) is 20.1. The molecular weight excluding hydrogens is 288 g/mol. The van der Waals surface area contributed by atoms with Gasteiger partial charge in [-0.05, 0) is 33.1 Å². The monoisotopic (exact) mass is 312 g/mol. The van der Waals surface area contributed by atoms with Gasteiger partial charge in [0.1, 0.15) is 5.92 Å². The second-order valence-electron chi connectivity index (χ2n) is 5.12. The van der Waals surface area contributed by atoms with Gasteiger partial charge in [0.2, 0.25) is 0 Å². The molecule has 0 aromatic carbocycles. The molecule has 0 saturated heterocycles. The lowest BCUT2D eigenvalue weighted by Gasteiger charge is -2.19. The molecule has 1 heterocycles. The molecule has 1 aromatic heterocycles. The Morgan fingerprint density at radius 3 is 2.95 bits per heavy atom. The first-order chi connectivity index (χ1) is 10.2. The van der Waals surface area contributed by atoms with Gasteiger partial charge in [0.15, 0.2) is 5.13 Å². The number of anilines is 1. The lowest BCUT2D eigenvalue weighted by molar-refractivity contribution is -0.145. The number of fused-ring (bicyclic) bond motifs is 1. The maximum absolute atomic E-state index is 12.1. The minimum absolute atomic E-state index is 0.132. The zero-order valence-electron chi connectivity index (χ0n) is 13.1. The van der Waals surface area contributed by atoms with Crippen molar-refractivity contribution in [3.63, 3.8) is 0 Å². The fourth-order valence-electron chi connectivity index (χ4n) is 2.48. The maximum Gasteiger partial charge on any atom is 0.315 e. The van der Waals surface area contributed by atoms with E-state index in [1.807, 2.05) is 20.9 Å². The summed E-state index contributed by atoms with van der Waals surface area (Å²) in [5.41, 5.74) is 0.933. The fourth-order valence-corrected chi connectivity index (χ4v) is 3.63. The van der Waals surface area contributed by atoms with Crippen LogP contribution in [0.4, 0.5) is 5.13 Å². The molecule has 1 atom stereocenters. The number of aromatic nitrogens is 1. The van der Waals surface area contributed by atoms with Crippen LogP contribution in [-0.2, 0) is 20.7 Å². The number of hydrogen-bond donors (Lipinski definition) is 0. The molecule has 5 nitrogen and oxygen atoms in total. The maximum atomic E-state index is 12.1. The highest BCUT2D eigenvalue weighted by molar-refractivity contribution is 7.15. The van der Waals surface area contributed by atoms with E-state index in [4.69, 9.17) is 14.5 Å². The fraction of sp³-hybridized carbons (Fsp3) is 0.733. The Balaban J connectivity index is 2.09. The summed E-state index contributed by atoms with van der Waals surface area (Å²) >= 11 is 1.69. The molecule has 1 aromatic rings. The smallest absolute Gasteiger partial charge is 0.315 e. The number of aryl methyl sites for hydroxylation is 1. The average molecular weight is 312 g/mol. The average Bonchev–Trinajstić information content (AvgIpc) is 2.91. The standard InChI is InChI=1S/C15H24N2O3S/c1-4-19-10-9-17(3)15-16-13-11(14(18)20-5-2)7-6-8-12(13)21-15/h11H,4-10H2,1-3H3. The van der Waals surface area contributed by atoms with Gasteiger partial charge in [0.25, 0.3) is 0 Å². The van der Waals surface area contributed by atoms with E-state index in [0.29, 0.717) is 13.2 Å². The predicted molar refractivity (Wildman–Crippen MR) is 84.2 cm³/mol. The largest absolute Gasteiger partial charge is 0.465 e. The van der Waals surface area contributed by atoms with Crippen molar-refractivity contribution >= 4 is 22.4 Å². The minimum atomic E-state index is -0.181. The predicted octanol–water partition coefficient (Wildman–Crippen LogP) is 2.60. The molecule has 0 radical (unpaired) electrons. The van der Waals surface area contributed by atoms with Crippen molar-refractivity contribution in [2.45, 2.75) is 39.0 Å². The summed E-state index contributed by atoms with van der Waals surface area (Å²) in [5.74, 6) is -0.314. The molecule has 1 aliphatic carbocycles. The normalized spacial score (nSPS) is 17.4. The molecule has 0 aliphatic heterocycles. The summed E-state index contributed by atoms with van der Waals surface area (Å²) in [7, 11) is 2.02. The molecule has 6 heteroatoms. The Labute approximate surface area is 130 Å². The number of carbonyl (C=O) groups excluding carboxylic acids is 1. The van der Waals surface area contributed by atoms with E-state index in [2.05, 4.69) is 4.90 Å². The number of ether oxygens (including phenoxy) is 2. The molecule has 0 saturated carbocycles. The molecule has 1 unspecified atom stereocenters. The number of likely N-dealkylation sites (N-methyl/N-ethyl adjacent to an activating group) is 1. The van der Waals surface area contributed by atoms with Crippen molar-refractivity contribution in [3.8, 4) is 0 Å². The van der Waals surface area contributed by atoms with E-state index in [0.717, 1.165) is 43.2 Å². The van der Waals surface area contributed by atoms with Gasteiger partial charge in [-0.2, -0.15) is 0 Å². The van der Waals surface area contributed by atoms with Crippen LogP contribution in [0.15, 0.2) is 0 Å². The van der Waals surface area contributed by atoms with Crippen molar-refractivity contribution in [3.05, 3.63) is 10.6 Å². The summed E-state index contributed by atoms with van der Waals surface area (Å²) in [5, 5.41) is 0.968. The van der Waals surface area contributed by atoms with Crippen LogP contribution in [0.5, 0.6) is 0 Å². The summed E-state index contributed by atoms with van der Waals surface area (Å²) in [6.07, 6.45) is 2.89. The number of hydrogen-bond acceptors (Lipinski definition) is 6. The van der Waals surface area contributed by atoms with Gasteiger partial charge in [-0.3, -0.25) is 4.79 Å². The van der Waals surface area contributed by atoms with Crippen molar-refractivity contribution in [2.75, 3.05) is 38.3 Å². The lowest BCUT2D eigenvalue weighted by Crippen LogP contribution is -2.23. The molecular formula is C15H24N2O3S. The zero-order valence-corrected chi connectivity index (χ0v) is 13.9. The second-order valence-corrected chi connectivity index (χ2v) is 6.18. The van der Waals surface area contributed by atoms with E-state index in [1.165, 1.54) is 4.88 Å². The highest BCUT2D eigenvalue weighted by Gasteiger charge is 2.31. The van der Waals surface area contributed by atoms with Crippen LogP contribution in [0.25, 0.3) is 0 Å². The second kappa shape index (κ2) is 7.75. The van der Waals surface area contributed by atoms with Gasteiger partial charge in [-0.25, -0.2) is 4.98 Å². The molecule has 2 rings (SSSR count). The Kier molecular flexibility index (Phi) is 5.99. The van der Waals surface area contributed by atoms with Crippen LogP contribution in [0.2, 0.25) is 0 Å². The molecule has 1 aliphatic rings. The number of carbonyl (C=O) groups is 1. The van der Waals surface area contributed by atoms with E-state index >= 15 is 0 Å². The highest BCUT2D eigenvalue weighted by atomic mass is 32.1. The number of nitrogens with zero attached hydrogens (tertiary/aromatic N) is 2. The zero-order chi connectivity index (χ0) is 15.2. The van der Waals surface area contributed by atoms with E-state index < -0.39 is 0 Å². The highest BCUT2D eigenvalue weighted by Crippen LogP contribution is 2.38. The van der Waals surface area contributed by atoms with Gasteiger partial charge >= 0.3 is 5.97 Å². The van der Waals surface area contributed by atoms with Crippen molar-refractivity contribution < 1.29 is 14.3 Å². The Morgan fingerprint density at radius 2 is 2.24 bits per heavy atom. The third-order valence-corrected chi connectivity index (χ3v) is 4.86.